The van der Waals surface area contributed by atoms with Crippen LogP contribution in [0, 0.1) is 0 Å². The van der Waals surface area contributed by atoms with Gasteiger partial charge in [-0.05, 0) is 51.8 Å². The Kier molecular flexibility index (Phi) is 5.28. The molecule has 1 fully saturated rings. The van der Waals surface area contributed by atoms with E-state index in [4.69, 9.17) is 9.72 Å². The number of fused-ring (bicyclic) bond motifs is 1. The molecule has 2 aromatic rings. The van der Waals surface area contributed by atoms with E-state index in [0.29, 0.717) is 12.1 Å². The average molecular weight is 316 g/mol. The number of pyridine rings is 1. The standard InChI is InChI=1S/C18H28N4O/c1-14(2)21-11-5-7-15(13-21)22-17(9-6-12-23-3)20-16-8-4-10-19-18(16)22/h4,8,10,14-15H,5-7,9,11-13H2,1-3H3. The van der Waals surface area contributed by atoms with Crippen LogP contribution < -0.4 is 0 Å². The molecule has 0 radical (unpaired) electrons. The Morgan fingerprint density at radius 1 is 1.39 bits per heavy atom. The highest BCUT2D eigenvalue weighted by atomic mass is 16.5. The fraction of sp³-hybridized carbons (Fsp3) is 0.667. The van der Waals surface area contributed by atoms with Gasteiger partial charge < -0.3 is 9.30 Å². The maximum Gasteiger partial charge on any atom is 0.160 e. The van der Waals surface area contributed by atoms with Crippen LogP contribution in [0.3, 0.4) is 0 Å². The molecule has 0 aromatic carbocycles. The predicted octanol–water partition coefficient (Wildman–Crippen LogP) is 3.06. The summed E-state index contributed by atoms with van der Waals surface area (Å²) in [5.74, 6) is 1.16. The van der Waals surface area contributed by atoms with Crippen molar-refractivity contribution in [2.45, 2.75) is 51.6 Å². The summed E-state index contributed by atoms with van der Waals surface area (Å²) in [5.41, 5.74) is 2.05. The molecule has 1 saturated heterocycles. The largest absolute Gasteiger partial charge is 0.385 e. The highest BCUT2D eigenvalue weighted by molar-refractivity contribution is 5.71. The van der Waals surface area contributed by atoms with Gasteiger partial charge in [0, 0.05) is 45.0 Å². The zero-order valence-corrected chi connectivity index (χ0v) is 14.5. The monoisotopic (exact) mass is 316 g/mol. The topological polar surface area (TPSA) is 43.2 Å². The number of methoxy groups -OCH3 is 1. The summed E-state index contributed by atoms with van der Waals surface area (Å²) in [6, 6.07) is 5.11. The van der Waals surface area contributed by atoms with Crippen LogP contribution in [0.5, 0.6) is 0 Å². The van der Waals surface area contributed by atoms with Crippen LogP contribution in [0.2, 0.25) is 0 Å². The van der Waals surface area contributed by atoms with Crippen molar-refractivity contribution in [3.63, 3.8) is 0 Å². The first-order valence-corrected chi connectivity index (χ1v) is 8.75. The molecule has 0 bridgehead atoms. The van der Waals surface area contributed by atoms with Gasteiger partial charge in [-0.25, -0.2) is 9.97 Å². The molecule has 5 nitrogen and oxygen atoms in total. The molecule has 3 heterocycles. The highest BCUT2D eigenvalue weighted by Crippen LogP contribution is 2.28. The van der Waals surface area contributed by atoms with Crippen molar-refractivity contribution in [3.05, 3.63) is 24.2 Å². The summed E-state index contributed by atoms with van der Waals surface area (Å²) in [5, 5.41) is 0. The van der Waals surface area contributed by atoms with E-state index < -0.39 is 0 Å². The van der Waals surface area contributed by atoms with Gasteiger partial charge in [0.2, 0.25) is 0 Å². The lowest BCUT2D eigenvalue weighted by atomic mass is 10.0. The van der Waals surface area contributed by atoms with E-state index in [0.717, 1.165) is 43.0 Å². The summed E-state index contributed by atoms with van der Waals surface area (Å²) in [4.78, 5) is 12.1. The Balaban J connectivity index is 1.91. The number of ether oxygens (including phenoxy) is 1. The number of likely N-dealkylation sites (tertiary alicyclic amines) is 1. The van der Waals surface area contributed by atoms with Crippen molar-refractivity contribution >= 4 is 11.2 Å². The number of aryl methyl sites for hydroxylation is 1. The number of imidazole rings is 1. The van der Waals surface area contributed by atoms with E-state index >= 15 is 0 Å². The van der Waals surface area contributed by atoms with Crippen LogP contribution in [-0.2, 0) is 11.2 Å². The summed E-state index contributed by atoms with van der Waals surface area (Å²) in [7, 11) is 1.76. The van der Waals surface area contributed by atoms with Gasteiger partial charge in [-0.15, -0.1) is 0 Å². The van der Waals surface area contributed by atoms with Crippen molar-refractivity contribution in [1.82, 2.24) is 19.4 Å². The molecule has 23 heavy (non-hydrogen) atoms. The van der Waals surface area contributed by atoms with Crippen LogP contribution in [0.1, 0.15) is 45.0 Å². The number of rotatable bonds is 6. The maximum atomic E-state index is 5.21. The molecular formula is C18H28N4O. The van der Waals surface area contributed by atoms with Crippen LogP contribution >= 0.6 is 0 Å². The molecule has 1 aliphatic heterocycles. The number of aromatic nitrogens is 3. The summed E-state index contributed by atoms with van der Waals surface area (Å²) >= 11 is 0. The summed E-state index contributed by atoms with van der Waals surface area (Å²) in [6.45, 7) is 7.64. The SMILES string of the molecule is COCCCc1nc2cccnc2n1C1CCCN(C(C)C)C1. The molecule has 0 N–H and O–H groups in total. The number of hydrogen-bond acceptors (Lipinski definition) is 4. The van der Waals surface area contributed by atoms with E-state index in [2.05, 4.69) is 34.4 Å². The minimum absolute atomic E-state index is 0.476. The molecule has 0 amide bonds. The second kappa shape index (κ2) is 7.41. The Morgan fingerprint density at radius 3 is 3.04 bits per heavy atom. The van der Waals surface area contributed by atoms with Crippen molar-refractivity contribution in [3.8, 4) is 0 Å². The van der Waals surface area contributed by atoms with Gasteiger partial charge in [0.05, 0.1) is 0 Å². The van der Waals surface area contributed by atoms with Crippen LogP contribution in [0.25, 0.3) is 11.2 Å². The minimum atomic E-state index is 0.476. The third kappa shape index (κ3) is 3.56. The number of piperidine rings is 1. The fourth-order valence-corrected chi connectivity index (χ4v) is 3.57. The van der Waals surface area contributed by atoms with Crippen molar-refractivity contribution in [2.75, 3.05) is 26.8 Å². The van der Waals surface area contributed by atoms with Crippen LogP contribution in [0.4, 0.5) is 0 Å². The normalized spacial score (nSPS) is 19.7. The molecule has 0 spiro atoms. The lowest BCUT2D eigenvalue weighted by molar-refractivity contribution is 0.142. The lowest BCUT2D eigenvalue weighted by Crippen LogP contribution is -2.41. The Bertz CT molecular complexity index is 637. The summed E-state index contributed by atoms with van der Waals surface area (Å²) in [6.07, 6.45) is 6.28. The average Bonchev–Trinajstić information content (AvgIpc) is 2.93. The van der Waals surface area contributed by atoms with Crippen molar-refractivity contribution < 1.29 is 4.74 Å². The Labute approximate surface area is 138 Å². The molecule has 5 heteroatoms. The van der Waals surface area contributed by atoms with Gasteiger partial charge >= 0.3 is 0 Å². The first-order valence-electron chi connectivity index (χ1n) is 8.75. The third-order valence-electron chi connectivity index (χ3n) is 4.79. The third-order valence-corrected chi connectivity index (χ3v) is 4.79. The molecule has 0 saturated carbocycles. The van der Waals surface area contributed by atoms with Crippen LogP contribution in [-0.4, -0.2) is 52.3 Å². The van der Waals surface area contributed by atoms with Gasteiger partial charge in [-0.2, -0.15) is 0 Å². The van der Waals surface area contributed by atoms with Gasteiger partial charge in [-0.1, -0.05) is 0 Å². The molecule has 3 rings (SSSR count). The highest BCUT2D eigenvalue weighted by Gasteiger charge is 2.26. The number of nitrogens with zero attached hydrogens (tertiary/aromatic N) is 4. The first-order chi connectivity index (χ1) is 11.2. The second-order valence-corrected chi connectivity index (χ2v) is 6.73. The fourth-order valence-electron chi connectivity index (χ4n) is 3.57. The van der Waals surface area contributed by atoms with E-state index in [9.17, 15) is 0 Å². The van der Waals surface area contributed by atoms with Crippen molar-refractivity contribution in [1.29, 1.82) is 0 Å². The van der Waals surface area contributed by atoms with E-state index in [1.165, 1.54) is 19.4 Å². The van der Waals surface area contributed by atoms with Gasteiger partial charge in [0.15, 0.2) is 5.65 Å². The van der Waals surface area contributed by atoms with Gasteiger partial charge in [-0.3, -0.25) is 4.90 Å². The molecule has 1 atom stereocenters. The molecule has 1 aliphatic rings. The maximum absolute atomic E-state index is 5.21. The number of hydrogen-bond donors (Lipinski definition) is 0. The molecule has 126 valence electrons. The van der Waals surface area contributed by atoms with E-state index in [1.807, 2.05) is 12.3 Å². The Hall–Kier alpha value is -1.46. The van der Waals surface area contributed by atoms with Crippen molar-refractivity contribution in [2.24, 2.45) is 0 Å². The molecule has 1 unspecified atom stereocenters. The minimum Gasteiger partial charge on any atom is -0.385 e. The van der Waals surface area contributed by atoms with Gasteiger partial charge in [0.25, 0.3) is 0 Å². The summed E-state index contributed by atoms with van der Waals surface area (Å²) < 4.78 is 7.61. The Morgan fingerprint density at radius 2 is 2.26 bits per heavy atom. The van der Waals surface area contributed by atoms with E-state index in [-0.39, 0.29) is 0 Å². The molecular weight excluding hydrogens is 288 g/mol. The lowest BCUT2D eigenvalue weighted by Gasteiger charge is -2.36. The van der Waals surface area contributed by atoms with Crippen LogP contribution in [0.15, 0.2) is 18.3 Å². The second-order valence-electron chi connectivity index (χ2n) is 6.73. The molecule has 2 aromatic heterocycles. The quantitative estimate of drug-likeness (QED) is 0.768. The van der Waals surface area contributed by atoms with Gasteiger partial charge in [0.1, 0.15) is 11.3 Å². The first kappa shape index (κ1) is 16.4. The predicted molar refractivity (Wildman–Crippen MR) is 92.7 cm³/mol. The smallest absolute Gasteiger partial charge is 0.160 e. The zero-order chi connectivity index (χ0) is 16.2. The zero-order valence-electron chi connectivity index (χ0n) is 14.5. The molecule has 0 aliphatic carbocycles. The van der Waals surface area contributed by atoms with E-state index in [1.54, 1.807) is 7.11 Å².